The summed E-state index contributed by atoms with van der Waals surface area (Å²) in [7, 11) is -3.20. The summed E-state index contributed by atoms with van der Waals surface area (Å²) in [6.07, 6.45) is 0.336. The topological polar surface area (TPSA) is 110 Å². The van der Waals surface area contributed by atoms with Gasteiger partial charge in [0.2, 0.25) is 5.91 Å². The molecule has 8 nitrogen and oxygen atoms in total. The Hall–Kier alpha value is -2.85. The standard InChI is InChI=1S/C23H26N2O6S2/c1-17-6-5-7-18(12-17)24-21(26)14-32-15-23(28)31-13-22(27)25(19-8-3-2-4-9-19)20-10-11-33(29,30)16-20/h2-9,12,20H,10-11,13-16H2,1H3,(H,24,26)/t20-/m0/s1. The number of nitrogens with one attached hydrogen (secondary N) is 1. The molecule has 0 radical (unpaired) electrons. The van der Waals surface area contributed by atoms with E-state index in [0.29, 0.717) is 17.8 Å². The molecule has 2 aromatic carbocycles. The van der Waals surface area contributed by atoms with Crippen LogP contribution in [-0.2, 0) is 29.0 Å². The SMILES string of the molecule is Cc1cccc(NC(=O)CSCC(=O)OCC(=O)N(c2ccccc2)[C@H]2CCS(=O)(=O)C2)c1. The van der Waals surface area contributed by atoms with Gasteiger partial charge in [-0.3, -0.25) is 14.4 Å². The number of nitrogens with zero attached hydrogens (tertiary/aromatic N) is 1. The Kier molecular flexibility index (Phi) is 8.51. The second-order valence-electron chi connectivity index (χ2n) is 7.73. The van der Waals surface area contributed by atoms with Crippen molar-refractivity contribution >= 4 is 50.8 Å². The predicted octanol–water partition coefficient (Wildman–Crippen LogP) is 2.43. The summed E-state index contributed by atoms with van der Waals surface area (Å²) in [4.78, 5) is 38.3. The number of carbonyl (C=O) groups is 3. The average molecular weight is 491 g/mol. The van der Waals surface area contributed by atoms with Gasteiger partial charge in [0.25, 0.3) is 5.91 Å². The second kappa shape index (κ2) is 11.3. The molecule has 2 amide bonds. The van der Waals surface area contributed by atoms with Crippen molar-refractivity contribution in [2.24, 2.45) is 0 Å². The number of sulfone groups is 1. The van der Waals surface area contributed by atoms with Gasteiger partial charge in [-0.2, -0.15) is 0 Å². The molecule has 10 heteroatoms. The lowest BCUT2D eigenvalue weighted by molar-refractivity contribution is -0.145. The van der Waals surface area contributed by atoms with Crippen LogP contribution in [0.1, 0.15) is 12.0 Å². The minimum absolute atomic E-state index is 0.0231. The molecule has 33 heavy (non-hydrogen) atoms. The highest BCUT2D eigenvalue weighted by molar-refractivity contribution is 8.00. The van der Waals surface area contributed by atoms with E-state index in [1.54, 1.807) is 36.4 Å². The molecular formula is C23H26N2O6S2. The van der Waals surface area contributed by atoms with Gasteiger partial charge in [-0.15, -0.1) is 11.8 Å². The summed E-state index contributed by atoms with van der Waals surface area (Å²) in [5, 5.41) is 2.76. The van der Waals surface area contributed by atoms with Crippen LogP contribution >= 0.6 is 11.8 Å². The molecule has 0 saturated carbocycles. The van der Waals surface area contributed by atoms with Crippen LogP contribution in [0.3, 0.4) is 0 Å². The van der Waals surface area contributed by atoms with Crippen LogP contribution in [-0.4, -0.2) is 61.9 Å². The summed E-state index contributed by atoms with van der Waals surface area (Å²) in [5.41, 5.74) is 2.26. The van der Waals surface area contributed by atoms with E-state index in [1.807, 2.05) is 25.1 Å². The molecule has 1 N–H and O–H groups in total. The maximum absolute atomic E-state index is 12.8. The lowest BCUT2D eigenvalue weighted by atomic mass is 10.2. The third-order valence-electron chi connectivity index (χ3n) is 4.99. The molecule has 176 valence electrons. The molecule has 1 aliphatic heterocycles. The molecule has 1 saturated heterocycles. The van der Waals surface area contributed by atoms with Crippen molar-refractivity contribution in [1.82, 2.24) is 0 Å². The fraction of sp³-hybridized carbons (Fsp3) is 0.348. The van der Waals surface area contributed by atoms with Crippen molar-refractivity contribution in [3.05, 3.63) is 60.2 Å². The van der Waals surface area contributed by atoms with Crippen LogP contribution in [0.2, 0.25) is 0 Å². The van der Waals surface area contributed by atoms with Gasteiger partial charge in [0.1, 0.15) is 0 Å². The molecule has 0 unspecified atom stereocenters. The Labute approximate surface area is 197 Å². The number of amides is 2. The minimum Gasteiger partial charge on any atom is -0.455 e. The fourth-order valence-corrected chi connectivity index (χ4v) is 5.84. The molecule has 1 atom stereocenters. The molecule has 1 aliphatic rings. The summed E-state index contributed by atoms with van der Waals surface area (Å²) < 4.78 is 28.9. The smallest absolute Gasteiger partial charge is 0.316 e. The zero-order valence-electron chi connectivity index (χ0n) is 18.2. The molecule has 0 aromatic heterocycles. The normalized spacial score (nSPS) is 16.7. The largest absolute Gasteiger partial charge is 0.455 e. The first kappa shape index (κ1) is 24.8. The molecule has 1 fully saturated rings. The number of aryl methyl sites for hydroxylation is 1. The Morgan fingerprint density at radius 2 is 1.85 bits per heavy atom. The third-order valence-corrected chi connectivity index (χ3v) is 7.64. The second-order valence-corrected chi connectivity index (χ2v) is 10.9. The molecule has 1 heterocycles. The van der Waals surface area contributed by atoms with Crippen LogP contribution in [0, 0.1) is 6.92 Å². The number of benzene rings is 2. The molecular weight excluding hydrogens is 464 g/mol. The van der Waals surface area contributed by atoms with Gasteiger partial charge in [-0.1, -0.05) is 30.3 Å². The molecule has 0 bridgehead atoms. The van der Waals surface area contributed by atoms with Gasteiger partial charge >= 0.3 is 5.97 Å². The zero-order valence-corrected chi connectivity index (χ0v) is 19.9. The van der Waals surface area contributed by atoms with Gasteiger partial charge in [0.15, 0.2) is 16.4 Å². The van der Waals surface area contributed by atoms with E-state index in [-0.39, 0.29) is 28.9 Å². The molecule has 0 aliphatic carbocycles. The fourth-order valence-electron chi connectivity index (χ4n) is 3.53. The van der Waals surface area contributed by atoms with Crippen molar-refractivity contribution in [2.45, 2.75) is 19.4 Å². The Morgan fingerprint density at radius 1 is 1.09 bits per heavy atom. The highest BCUT2D eigenvalue weighted by atomic mass is 32.2. The van der Waals surface area contributed by atoms with Gasteiger partial charge in [-0.05, 0) is 43.2 Å². The van der Waals surface area contributed by atoms with E-state index in [4.69, 9.17) is 4.74 Å². The van der Waals surface area contributed by atoms with Crippen molar-refractivity contribution in [1.29, 1.82) is 0 Å². The lowest BCUT2D eigenvalue weighted by Crippen LogP contribution is -2.43. The maximum Gasteiger partial charge on any atom is 0.316 e. The number of ether oxygens (including phenoxy) is 1. The lowest BCUT2D eigenvalue weighted by Gasteiger charge is -2.28. The predicted molar refractivity (Wildman–Crippen MR) is 129 cm³/mol. The maximum atomic E-state index is 12.8. The van der Waals surface area contributed by atoms with E-state index in [2.05, 4.69) is 5.32 Å². The van der Waals surface area contributed by atoms with Crippen molar-refractivity contribution in [3.63, 3.8) is 0 Å². The number of esters is 1. The van der Waals surface area contributed by atoms with Gasteiger partial charge in [0.05, 0.1) is 29.1 Å². The average Bonchev–Trinajstić information content (AvgIpc) is 3.12. The zero-order chi connectivity index (χ0) is 23.8. The highest BCUT2D eigenvalue weighted by Gasteiger charge is 2.35. The number of anilines is 2. The first-order valence-electron chi connectivity index (χ1n) is 10.4. The Balaban J connectivity index is 1.47. The molecule has 3 rings (SSSR count). The molecule has 0 spiro atoms. The van der Waals surface area contributed by atoms with Crippen LogP contribution in [0.4, 0.5) is 11.4 Å². The number of para-hydroxylation sites is 1. The van der Waals surface area contributed by atoms with E-state index >= 15 is 0 Å². The number of carbonyl (C=O) groups excluding carboxylic acids is 3. The van der Waals surface area contributed by atoms with Crippen molar-refractivity contribution in [3.8, 4) is 0 Å². The van der Waals surface area contributed by atoms with Crippen LogP contribution in [0.15, 0.2) is 54.6 Å². The molecule has 2 aromatic rings. The van der Waals surface area contributed by atoms with E-state index < -0.39 is 34.4 Å². The quantitative estimate of drug-likeness (QED) is 0.538. The third kappa shape index (κ3) is 7.61. The Morgan fingerprint density at radius 3 is 2.52 bits per heavy atom. The van der Waals surface area contributed by atoms with Crippen molar-refractivity contribution in [2.75, 3.05) is 39.8 Å². The number of hydrogen-bond donors (Lipinski definition) is 1. The monoisotopic (exact) mass is 490 g/mol. The summed E-state index contributed by atoms with van der Waals surface area (Å²) in [5.74, 6) is -1.47. The van der Waals surface area contributed by atoms with Crippen LogP contribution in [0.5, 0.6) is 0 Å². The van der Waals surface area contributed by atoms with E-state index in [1.165, 1.54) is 4.90 Å². The highest BCUT2D eigenvalue weighted by Crippen LogP contribution is 2.24. The van der Waals surface area contributed by atoms with E-state index in [0.717, 1.165) is 17.3 Å². The summed E-state index contributed by atoms with van der Waals surface area (Å²) >= 11 is 1.08. The number of hydrogen-bond acceptors (Lipinski definition) is 7. The number of rotatable bonds is 9. The van der Waals surface area contributed by atoms with Gasteiger partial charge in [0, 0.05) is 11.4 Å². The van der Waals surface area contributed by atoms with E-state index in [9.17, 15) is 22.8 Å². The van der Waals surface area contributed by atoms with Gasteiger partial charge in [-0.25, -0.2) is 8.42 Å². The summed E-state index contributed by atoms with van der Waals surface area (Å²) in [6, 6.07) is 15.6. The number of thioether (sulfide) groups is 1. The summed E-state index contributed by atoms with van der Waals surface area (Å²) in [6.45, 7) is 1.42. The first-order chi connectivity index (χ1) is 15.7. The van der Waals surface area contributed by atoms with Crippen LogP contribution < -0.4 is 10.2 Å². The van der Waals surface area contributed by atoms with Gasteiger partial charge < -0.3 is 15.0 Å². The van der Waals surface area contributed by atoms with Crippen molar-refractivity contribution < 1.29 is 27.5 Å². The Bertz CT molecular complexity index is 1100. The first-order valence-corrected chi connectivity index (χ1v) is 13.4. The van der Waals surface area contributed by atoms with Crippen LogP contribution in [0.25, 0.3) is 0 Å². The minimum atomic E-state index is -3.20.